The molecule has 0 spiro atoms. The zero-order chi connectivity index (χ0) is 17.1. The maximum atomic E-state index is 12.7. The number of carbonyl (C=O) groups excluding carboxylic acids is 1. The van der Waals surface area contributed by atoms with Crippen molar-refractivity contribution in [3.05, 3.63) is 12.7 Å². The molecule has 0 N–H and O–H groups in total. The van der Waals surface area contributed by atoms with Gasteiger partial charge in [0.2, 0.25) is 0 Å². The third-order valence-corrected chi connectivity index (χ3v) is 4.77. The molecule has 0 aromatic heterocycles. The van der Waals surface area contributed by atoms with Crippen molar-refractivity contribution in [2.45, 2.75) is 65.0 Å². The molecule has 5 heteroatoms. The molecule has 2 saturated heterocycles. The van der Waals surface area contributed by atoms with E-state index in [1.54, 1.807) is 6.08 Å². The van der Waals surface area contributed by atoms with E-state index in [0.29, 0.717) is 38.6 Å². The molecule has 0 aromatic rings. The molecule has 2 heterocycles. The zero-order valence-electron chi connectivity index (χ0n) is 14.8. The van der Waals surface area contributed by atoms with Crippen LogP contribution >= 0.6 is 0 Å². The second-order valence-electron chi connectivity index (χ2n) is 7.25. The quantitative estimate of drug-likeness (QED) is 0.390. The van der Waals surface area contributed by atoms with Crippen molar-refractivity contribution in [3.8, 4) is 0 Å². The zero-order valence-corrected chi connectivity index (χ0v) is 14.8. The lowest BCUT2D eigenvalue weighted by molar-refractivity contribution is -0.228. The Hall–Kier alpha value is -0.910. The summed E-state index contributed by atoms with van der Waals surface area (Å²) in [5.41, 5.74) is -0.842. The van der Waals surface area contributed by atoms with Gasteiger partial charge in [0.05, 0.1) is 19.3 Å². The Bertz CT molecular complexity index is 435. The smallest absolute Gasteiger partial charge is 0.318 e. The second kappa shape index (κ2) is 7.32. The van der Waals surface area contributed by atoms with Gasteiger partial charge in [0.15, 0.2) is 5.79 Å². The number of esters is 1. The normalized spacial score (nSPS) is 37.3. The highest BCUT2D eigenvalue weighted by atomic mass is 16.7. The summed E-state index contributed by atoms with van der Waals surface area (Å²) in [6.45, 7) is 13.5. The molecular formula is C18H30O5. The summed E-state index contributed by atoms with van der Waals surface area (Å²) in [5.74, 6) is -0.641. The first kappa shape index (κ1) is 18.4. The van der Waals surface area contributed by atoms with Crippen molar-refractivity contribution in [2.75, 3.05) is 19.8 Å². The maximum Gasteiger partial charge on any atom is 0.318 e. The highest BCUT2D eigenvalue weighted by molar-refractivity contribution is 5.80. The maximum absolute atomic E-state index is 12.7. The summed E-state index contributed by atoms with van der Waals surface area (Å²) in [4.78, 5) is 12.7. The van der Waals surface area contributed by atoms with Crippen LogP contribution in [0.25, 0.3) is 0 Å². The summed E-state index contributed by atoms with van der Waals surface area (Å²) in [7, 11) is 0. The van der Waals surface area contributed by atoms with Crippen LogP contribution in [0.15, 0.2) is 12.7 Å². The molecular weight excluding hydrogens is 296 g/mol. The Morgan fingerprint density at radius 3 is 2.78 bits per heavy atom. The van der Waals surface area contributed by atoms with Crippen molar-refractivity contribution in [1.29, 1.82) is 0 Å². The minimum absolute atomic E-state index is 0.0316. The summed E-state index contributed by atoms with van der Waals surface area (Å²) >= 11 is 0. The Kier molecular flexibility index (Phi) is 5.87. The monoisotopic (exact) mass is 326 g/mol. The standard InChI is InChI=1S/C18H30O5/c1-6-8-18(17(5)21-11-14(4)23-17)10-15(22-16(18)19)12-20-9-7-13(2)3/h6,13-15H,1,7-12H2,2-5H3. The molecule has 0 aromatic carbocycles. The number of ether oxygens (including phenoxy) is 4. The lowest BCUT2D eigenvalue weighted by Gasteiger charge is -2.38. The number of rotatable bonds is 8. The van der Waals surface area contributed by atoms with Gasteiger partial charge in [-0.1, -0.05) is 19.9 Å². The van der Waals surface area contributed by atoms with Crippen molar-refractivity contribution in [1.82, 2.24) is 0 Å². The first-order valence-electron chi connectivity index (χ1n) is 8.54. The molecule has 2 aliphatic heterocycles. The van der Waals surface area contributed by atoms with Crippen LogP contribution in [0, 0.1) is 11.3 Å². The van der Waals surface area contributed by atoms with E-state index in [4.69, 9.17) is 18.9 Å². The van der Waals surface area contributed by atoms with Crippen molar-refractivity contribution in [2.24, 2.45) is 11.3 Å². The molecule has 0 saturated carbocycles. The largest absolute Gasteiger partial charge is 0.459 e. The summed E-state index contributed by atoms with van der Waals surface area (Å²) in [6, 6.07) is 0. The molecule has 0 amide bonds. The Morgan fingerprint density at radius 2 is 2.22 bits per heavy atom. The minimum atomic E-state index is -0.968. The fourth-order valence-corrected chi connectivity index (χ4v) is 3.35. The number of hydrogen-bond acceptors (Lipinski definition) is 5. The van der Waals surface area contributed by atoms with Crippen molar-refractivity contribution >= 4 is 5.97 Å². The predicted molar refractivity (Wildman–Crippen MR) is 86.9 cm³/mol. The van der Waals surface area contributed by atoms with Crippen LogP contribution in [0.1, 0.15) is 47.0 Å². The fraction of sp³-hybridized carbons (Fsp3) is 0.833. The Morgan fingerprint density at radius 1 is 1.48 bits per heavy atom. The van der Waals surface area contributed by atoms with Crippen LogP contribution in [0.3, 0.4) is 0 Å². The van der Waals surface area contributed by atoms with E-state index in [2.05, 4.69) is 20.4 Å². The van der Waals surface area contributed by atoms with Gasteiger partial charge in [-0.2, -0.15) is 0 Å². The first-order valence-corrected chi connectivity index (χ1v) is 8.54. The molecule has 132 valence electrons. The lowest BCUT2D eigenvalue weighted by Crippen LogP contribution is -2.50. The van der Waals surface area contributed by atoms with E-state index in [0.717, 1.165) is 6.42 Å². The van der Waals surface area contributed by atoms with E-state index in [1.807, 2.05) is 13.8 Å². The third kappa shape index (κ3) is 3.78. The van der Waals surface area contributed by atoms with Crippen LogP contribution in [-0.2, 0) is 23.7 Å². The van der Waals surface area contributed by atoms with Crippen LogP contribution in [0.2, 0.25) is 0 Å². The average molecular weight is 326 g/mol. The second-order valence-corrected chi connectivity index (χ2v) is 7.25. The third-order valence-electron chi connectivity index (χ3n) is 4.77. The minimum Gasteiger partial charge on any atom is -0.459 e. The molecule has 4 atom stereocenters. The van der Waals surface area contributed by atoms with Gasteiger partial charge in [-0.15, -0.1) is 6.58 Å². The summed E-state index contributed by atoms with van der Waals surface area (Å²) in [5, 5.41) is 0. The van der Waals surface area contributed by atoms with Crippen LogP contribution in [0.5, 0.6) is 0 Å². The molecule has 2 fully saturated rings. The van der Waals surface area contributed by atoms with E-state index in [1.165, 1.54) is 0 Å². The van der Waals surface area contributed by atoms with E-state index >= 15 is 0 Å². The molecule has 2 aliphatic rings. The Labute approximate surface area is 139 Å². The van der Waals surface area contributed by atoms with Crippen LogP contribution < -0.4 is 0 Å². The van der Waals surface area contributed by atoms with Crippen LogP contribution in [0.4, 0.5) is 0 Å². The topological polar surface area (TPSA) is 54.0 Å². The number of cyclic esters (lactones) is 1. The predicted octanol–water partition coefficient (Wildman–Crippen LogP) is 3.08. The van der Waals surface area contributed by atoms with Gasteiger partial charge in [0.1, 0.15) is 11.5 Å². The Balaban J connectivity index is 2.03. The van der Waals surface area contributed by atoms with E-state index < -0.39 is 11.2 Å². The fourth-order valence-electron chi connectivity index (χ4n) is 3.35. The van der Waals surface area contributed by atoms with E-state index in [-0.39, 0.29) is 18.2 Å². The molecule has 23 heavy (non-hydrogen) atoms. The first-order chi connectivity index (χ1) is 10.8. The van der Waals surface area contributed by atoms with Crippen LogP contribution in [-0.4, -0.2) is 43.8 Å². The molecule has 4 unspecified atom stereocenters. The van der Waals surface area contributed by atoms with Gasteiger partial charge < -0.3 is 18.9 Å². The molecule has 5 nitrogen and oxygen atoms in total. The highest BCUT2D eigenvalue weighted by Gasteiger charge is 2.63. The summed E-state index contributed by atoms with van der Waals surface area (Å²) in [6.07, 6.45) is 3.45. The summed E-state index contributed by atoms with van der Waals surface area (Å²) < 4.78 is 23.1. The molecule has 0 aliphatic carbocycles. The highest BCUT2D eigenvalue weighted by Crippen LogP contribution is 2.51. The number of allylic oxidation sites excluding steroid dienone is 1. The number of carbonyl (C=O) groups is 1. The van der Waals surface area contributed by atoms with Crippen molar-refractivity contribution in [3.63, 3.8) is 0 Å². The lowest BCUT2D eigenvalue weighted by atomic mass is 9.74. The van der Waals surface area contributed by atoms with Gasteiger partial charge in [0, 0.05) is 13.0 Å². The van der Waals surface area contributed by atoms with Gasteiger partial charge >= 0.3 is 5.97 Å². The van der Waals surface area contributed by atoms with Gasteiger partial charge in [0.25, 0.3) is 0 Å². The number of hydrogen-bond donors (Lipinski definition) is 0. The van der Waals surface area contributed by atoms with Gasteiger partial charge in [-0.25, -0.2) is 0 Å². The SMILES string of the molecule is C=CCC1(C2(C)OCC(C)O2)CC(COCCC(C)C)OC1=O. The van der Waals surface area contributed by atoms with Gasteiger partial charge in [-0.05, 0) is 32.6 Å². The van der Waals surface area contributed by atoms with E-state index in [9.17, 15) is 4.79 Å². The average Bonchev–Trinajstić information content (AvgIpc) is 2.98. The molecule has 2 rings (SSSR count). The molecule has 0 bridgehead atoms. The molecule has 0 radical (unpaired) electrons. The van der Waals surface area contributed by atoms with Gasteiger partial charge in [-0.3, -0.25) is 4.79 Å². The van der Waals surface area contributed by atoms with Crippen molar-refractivity contribution < 1.29 is 23.7 Å².